The van der Waals surface area contributed by atoms with Crippen molar-refractivity contribution >= 4 is 29.2 Å². The normalized spacial score (nSPS) is 10.2. The van der Waals surface area contributed by atoms with Crippen LogP contribution in [0.3, 0.4) is 0 Å². The van der Waals surface area contributed by atoms with Crippen molar-refractivity contribution in [2.45, 2.75) is 6.92 Å². The van der Waals surface area contributed by atoms with E-state index < -0.39 is 11.9 Å². The van der Waals surface area contributed by atoms with Gasteiger partial charge in [-0.15, -0.1) is 0 Å². The Bertz CT molecular complexity index is 993. The van der Waals surface area contributed by atoms with E-state index in [4.69, 9.17) is 4.74 Å². The number of amides is 1. The number of rotatable bonds is 6. The maximum absolute atomic E-state index is 13.2. The zero-order chi connectivity index (χ0) is 19.9. The fourth-order valence-corrected chi connectivity index (χ4v) is 2.38. The van der Waals surface area contributed by atoms with Gasteiger partial charge in [0.2, 0.25) is 5.95 Å². The van der Waals surface area contributed by atoms with Crippen molar-refractivity contribution in [1.29, 1.82) is 0 Å². The highest BCUT2D eigenvalue weighted by molar-refractivity contribution is 6.07. The van der Waals surface area contributed by atoms with E-state index in [1.165, 1.54) is 24.5 Å². The molecule has 0 bridgehead atoms. The lowest BCUT2D eigenvalue weighted by Gasteiger charge is -2.10. The van der Waals surface area contributed by atoms with Gasteiger partial charge in [0, 0.05) is 18.1 Å². The minimum Gasteiger partial charge on any atom is -0.462 e. The van der Waals surface area contributed by atoms with Gasteiger partial charge in [-0.25, -0.2) is 19.2 Å². The third-order valence-corrected chi connectivity index (χ3v) is 3.67. The molecule has 142 valence electrons. The average molecular weight is 380 g/mol. The molecule has 0 saturated heterocycles. The Hall–Kier alpha value is -3.81. The first-order valence-electron chi connectivity index (χ1n) is 8.49. The summed E-state index contributed by atoms with van der Waals surface area (Å²) < 4.78 is 18.2. The van der Waals surface area contributed by atoms with E-state index >= 15 is 0 Å². The van der Waals surface area contributed by atoms with Crippen molar-refractivity contribution in [2.24, 2.45) is 0 Å². The molecule has 2 N–H and O–H groups in total. The standard InChI is InChI=1S/C20H17FN4O3/c1-2-28-19(27)16-8-3-4-9-17(16)25-18(26)13-11-22-20(23-12-13)24-15-7-5-6-14(21)10-15/h3-12H,2H2,1H3,(H,25,26)(H,22,23,24). The fourth-order valence-electron chi connectivity index (χ4n) is 2.38. The van der Waals surface area contributed by atoms with Crippen molar-refractivity contribution in [3.05, 3.63) is 77.9 Å². The molecule has 1 amide bonds. The number of nitrogens with zero attached hydrogens (tertiary/aromatic N) is 2. The van der Waals surface area contributed by atoms with Gasteiger partial charge in [0.05, 0.1) is 23.4 Å². The summed E-state index contributed by atoms with van der Waals surface area (Å²) in [5.74, 6) is -1.17. The third-order valence-electron chi connectivity index (χ3n) is 3.67. The highest BCUT2D eigenvalue weighted by atomic mass is 19.1. The number of para-hydroxylation sites is 1. The van der Waals surface area contributed by atoms with Crippen molar-refractivity contribution < 1.29 is 18.7 Å². The summed E-state index contributed by atoms with van der Waals surface area (Å²) in [4.78, 5) is 32.6. The smallest absolute Gasteiger partial charge is 0.340 e. The molecular formula is C20H17FN4O3. The summed E-state index contributed by atoms with van der Waals surface area (Å²) >= 11 is 0. The molecule has 0 radical (unpaired) electrons. The van der Waals surface area contributed by atoms with Crippen LogP contribution < -0.4 is 10.6 Å². The molecule has 2 aromatic carbocycles. The van der Waals surface area contributed by atoms with Crippen LogP contribution in [0.1, 0.15) is 27.6 Å². The average Bonchev–Trinajstić information content (AvgIpc) is 2.69. The third kappa shape index (κ3) is 4.67. The molecule has 8 heteroatoms. The maximum atomic E-state index is 13.2. The molecule has 0 aliphatic carbocycles. The molecule has 3 rings (SSSR count). The van der Waals surface area contributed by atoms with E-state index in [2.05, 4.69) is 20.6 Å². The second-order valence-electron chi connectivity index (χ2n) is 5.65. The highest BCUT2D eigenvalue weighted by Gasteiger charge is 2.15. The van der Waals surface area contributed by atoms with Crippen LogP contribution in [0, 0.1) is 5.82 Å². The summed E-state index contributed by atoms with van der Waals surface area (Å²) in [6, 6.07) is 12.4. The monoisotopic (exact) mass is 380 g/mol. The first-order valence-corrected chi connectivity index (χ1v) is 8.49. The van der Waals surface area contributed by atoms with E-state index in [9.17, 15) is 14.0 Å². The van der Waals surface area contributed by atoms with E-state index in [1.54, 1.807) is 43.3 Å². The van der Waals surface area contributed by atoms with Crippen LogP contribution >= 0.6 is 0 Å². The van der Waals surface area contributed by atoms with Gasteiger partial charge in [-0.05, 0) is 37.3 Å². The number of aromatic nitrogens is 2. The Morgan fingerprint density at radius 2 is 1.82 bits per heavy atom. The Morgan fingerprint density at radius 3 is 2.54 bits per heavy atom. The second kappa shape index (κ2) is 8.72. The van der Waals surface area contributed by atoms with Gasteiger partial charge in [0.25, 0.3) is 5.91 Å². The van der Waals surface area contributed by atoms with Crippen molar-refractivity contribution in [2.75, 3.05) is 17.2 Å². The van der Waals surface area contributed by atoms with Crippen LogP contribution in [-0.2, 0) is 4.74 Å². The van der Waals surface area contributed by atoms with Crippen LogP contribution in [0.25, 0.3) is 0 Å². The molecule has 3 aromatic rings. The first kappa shape index (κ1) is 19.0. The molecule has 1 aromatic heterocycles. The molecule has 0 aliphatic heterocycles. The van der Waals surface area contributed by atoms with E-state index in [-0.39, 0.29) is 29.5 Å². The van der Waals surface area contributed by atoms with E-state index in [0.717, 1.165) is 0 Å². The quantitative estimate of drug-likeness (QED) is 0.632. The lowest BCUT2D eigenvalue weighted by molar-refractivity contribution is 0.0527. The number of halogens is 1. The number of carbonyl (C=O) groups is 2. The minimum absolute atomic E-state index is 0.198. The molecule has 28 heavy (non-hydrogen) atoms. The lowest BCUT2D eigenvalue weighted by Crippen LogP contribution is -2.16. The summed E-state index contributed by atoms with van der Waals surface area (Å²) in [6.45, 7) is 1.94. The van der Waals surface area contributed by atoms with Gasteiger partial charge >= 0.3 is 5.97 Å². The molecule has 7 nitrogen and oxygen atoms in total. The number of anilines is 3. The van der Waals surface area contributed by atoms with E-state index in [1.807, 2.05) is 0 Å². The number of esters is 1. The molecule has 0 fully saturated rings. The van der Waals surface area contributed by atoms with Crippen LogP contribution in [0.4, 0.5) is 21.7 Å². The predicted molar refractivity (Wildman–Crippen MR) is 102 cm³/mol. The Balaban J connectivity index is 1.71. The minimum atomic E-state index is -0.524. The van der Waals surface area contributed by atoms with Crippen molar-refractivity contribution in [3.8, 4) is 0 Å². The SMILES string of the molecule is CCOC(=O)c1ccccc1NC(=O)c1cnc(Nc2cccc(F)c2)nc1. The summed E-state index contributed by atoms with van der Waals surface area (Å²) in [6.07, 6.45) is 2.66. The van der Waals surface area contributed by atoms with Crippen LogP contribution in [0.5, 0.6) is 0 Å². The van der Waals surface area contributed by atoms with Crippen LogP contribution in [0.2, 0.25) is 0 Å². The summed E-state index contributed by atoms with van der Waals surface area (Å²) in [5, 5.41) is 5.50. The molecule has 0 unspecified atom stereocenters. The zero-order valence-corrected chi connectivity index (χ0v) is 15.0. The second-order valence-corrected chi connectivity index (χ2v) is 5.65. The number of benzene rings is 2. The zero-order valence-electron chi connectivity index (χ0n) is 15.0. The maximum Gasteiger partial charge on any atom is 0.340 e. The van der Waals surface area contributed by atoms with E-state index in [0.29, 0.717) is 11.4 Å². The topological polar surface area (TPSA) is 93.2 Å². The molecule has 0 aliphatic rings. The Labute approximate surface area is 160 Å². The number of hydrogen-bond donors (Lipinski definition) is 2. The lowest BCUT2D eigenvalue weighted by atomic mass is 10.1. The van der Waals surface area contributed by atoms with Gasteiger partial charge in [0.1, 0.15) is 5.82 Å². The molecule has 0 saturated carbocycles. The number of hydrogen-bond acceptors (Lipinski definition) is 6. The number of carbonyl (C=O) groups excluding carboxylic acids is 2. The van der Waals surface area contributed by atoms with Crippen LogP contribution in [-0.4, -0.2) is 28.5 Å². The largest absolute Gasteiger partial charge is 0.462 e. The number of nitrogens with one attached hydrogen (secondary N) is 2. The van der Waals surface area contributed by atoms with Gasteiger partial charge < -0.3 is 15.4 Å². The summed E-state index contributed by atoms with van der Waals surface area (Å²) in [7, 11) is 0. The predicted octanol–water partition coefficient (Wildman–Crippen LogP) is 3.79. The molecule has 0 spiro atoms. The number of ether oxygens (including phenoxy) is 1. The summed E-state index contributed by atoms with van der Waals surface area (Å²) in [5.41, 5.74) is 1.26. The molecule has 0 atom stereocenters. The molecule has 1 heterocycles. The first-order chi connectivity index (χ1) is 13.6. The molecular weight excluding hydrogens is 363 g/mol. The Morgan fingerprint density at radius 1 is 1.07 bits per heavy atom. The fraction of sp³-hybridized carbons (Fsp3) is 0.100. The van der Waals surface area contributed by atoms with Gasteiger partial charge in [-0.2, -0.15) is 0 Å². The highest BCUT2D eigenvalue weighted by Crippen LogP contribution is 2.18. The van der Waals surface area contributed by atoms with Crippen molar-refractivity contribution in [3.63, 3.8) is 0 Å². The van der Waals surface area contributed by atoms with Crippen LogP contribution in [0.15, 0.2) is 60.9 Å². The Kier molecular flexibility index (Phi) is 5.91. The van der Waals surface area contributed by atoms with Gasteiger partial charge in [-0.1, -0.05) is 18.2 Å². The van der Waals surface area contributed by atoms with Gasteiger partial charge in [-0.3, -0.25) is 4.79 Å². The van der Waals surface area contributed by atoms with Gasteiger partial charge in [0.15, 0.2) is 0 Å². The van der Waals surface area contributed by atoms with Crippen molar-refractivity contribution in [1.82, 2.24) is 9.97 Å².